The maximum absolute atomic E-state index is 3.90. The fraction of sp³-hybridized carbons (Fsp3) is 1.00. The van der Waals surface area contributed by atoms with E-state index in [9.17, 15) is 0 Å². The fourth-order valence-electron chi connectivity index (χ4n) is 3.43. The normalized spacial score (nSPS) is 37.6. The molecular formula is C15H29NS. The molecule has 0 amide bonds. The zero-order valence-electron chi connectivity index (χ0n) is 12.2. The molecule has 100 valence electrons. The molecule has 1 nitrogen and oxygen atoms in total. The van der Waals surface area contributed by atoms with Gasteiger partial charge in [0.2, 0.25) is 0 Å². The van der Waals surface area contributed by atoms with E-state index in [1.807, 2.05) is 0 Å². The summed E-state index contributed by atoms with van der Waals surface area (Å²) in [5.74, 6) is 2.21. The van der Waals surface area contributed by atoms with E-state index in [1.165, 1.54) is 37.9 Å². The molecule has 0 aromatic heterocycles. The Morgan fingerprint density at radius 2 is 1.82 bits per heavy atom. The molecule has 2 heteroatoms. The number of hydrogen-bond donors (Lipinski definition) is 1. The van der Waals surface area contributed by atoms with E-state index in [0.717, 1.165) is 5.92 Å². The van der Waals surface area contributed by atoms with Crippen molar-refractivity contribution in [2.45, 2.75) is 77.1 Å². The van der Waals surface area contributed by atoms with Crippen LogP contribution in [0.3, 0.4) is 0 Å². The van der Waals surface area contributed by atoms with E-state index in [-0.39, 0.29) is 0 Å². The summed E-state index contributed by atoms with van der Waals surface area (Å²) in [6.45, 7) is 11.9. The topological polar surface area (TPSA) is 12.0 Å². The minimum Gasteiger partial charge on any atom is -0.297 e. The Balaban J connectivity index is 1.95. The third-order valence-corrected chi connectivity index (χ3v) is 7.01. The van der Waals surface area contributed by atoms with Crippen LogP contribution >= 0.6 is 11.8 Å². The Morgan fingerprint density at radius 3 is 2.24 bits per heavy atom. The van der Waals surface area contributed by atoms with Crippen LogP contribution in [0.1, 0.15) is 66.7 Å². The summed E-state index contributed by atoms with van der Waals surface area (Å²) in [5, 5.41) is 3.90. The molecule has 1 N–H and O–H groups in total. The van der Waals surface area contributed by atoms with Crippen molar-refractivity contribution in [2.75, 3.05) is 5.75 Å². The van der Waals surface area contributed by atoms with E-state index >= 15 is 0 Å². The van der Waals surface area contributed by atoms with Gasteiger partial charge in [-0.2, -0.15) is 0 Å². The van der Waals surface area contributed by atoms with Gasteiger partial charge in [0.15, 0.2) is 0 Å². The molecule has 0 aromatic rings. The Kier molecular flexibility index (Phi) is 3.60. The summed E-state index contributed by atoms with van der Waals surface area (Å²) >= 11 is 2.18. The molecule has 0 aromatic carbocycles. The van der Waals surface area contributed by atoms with Crippen molar-refractivity contribution in [3.63, 3.8) is 0 Å². The Morgan fingerprint density at radius 1 is 1.24 bits per heavy atom. The van der Waals surface area contributed by atoms with Gasteiger partial charge in [-0.25, -0.2) is 0 Å². The quantitative estimate of drug-likeness (QED) is 0.783. The third-order valence-electron chi connectivity index (χ3n) is 5.09. The van der Waals surface area contributed by atoms with Crippen molar-refractivity contribution in [3.05, 3.63) is 0 Å². The zero-order chi connectivity index (χ0) is 12.7. The standard InChI is InChI=1S/C15H29NS/c1-6-13(2,3)12-7-9-15(10-8-12)16-14(4,5)11-17-15/h12,16H,6-11H2,1-5H3. The van der Waals surface area contributed by atoms with Gasteiger partial charge in [0.05, 0.1) is 4.87 Å². The molecule has 1 heterocycles. The van der Waals surface area contributed by atoms with Gasteiger partial charge >= 0.3 is 0 Å². The second-order valence-electron chi connectivity index (χ2n) is 7.41. The monoisotopic (exact) mass is 255 g/mol. The highest BCUT2D eigenvalue weighted by molar-refractivity contribution is 8.00. The van der Waals surface area contributed by atoms with Crippen molar-refractivity contribution in [1.82, 2.24) is 5.32 Å². The molecule has 17 heavy (non-hydrogen) atoms. The van der Waals surface area contributed by atoms with E-state index in [0.29, 0.717) is 15.8 Å². The van der Waals surface area contributed by atoms with Gasteiger partial charge in [0.25, 0.3) is 0 Å². The molecule has 2 aliphatic rings. The maximum atomic E-state index is 3.90. The molecule has 0 bridgehead atoms. The molecule has 0 radical (unpaired) electrons. The number of thioether (sulfide) groups is 1. The van der Waals surface area contributed by atoms with Crippen LogP contribution < -0.4 is 5.32 Å². The van der Waals surface area contributed by atoms with E-state index in [4.69, 9.17) is 0 Å². The second-order valence-corrected chi connectivity index (χ2v) is 8.77. The summed E-state index contributed by atoms with van der Waals surface area (Å²) in [6, 6.07) is 0. The van der Waals surface area contributed by atoms with Crippen molar-refractivity contribution < 1.29 is 0 Å². The van der Waals surface area contributed by atoms with Gasteiger partial charge in [0, 0.05) is 11.3 Å². The second kappa shape index (κ2) is 4.45. The van der Waals surface area contributed by atoms with E-state index in [1.54, 1.807) is 0 Å². The summed E-state index contributed by atoms with van der Waals surface area (Å²) in [6.07, 6.45) is 6.88. The molecule has 2 fully saturated rings. The Labute approximate surface area is 112 Å². The van der Waals surface area contributed by atoms with Gasteiger partial charge in [-0.1, -0.05) is 27.2 Å². The van der Waals surface area contributed by atoms with Crippen molar-refractivity contribution in [3.8, 4) is 0 Å². The SMILES string of the molecule is CCC(C)(C)C1CCC2(CC1)NC(C)(C)CS2. The molecular weight excluding hydrogens is 226 g/mol. The van der Waals surface area contributed by atoms with Crippen LogP contribution in [-0.2, 0) is 0 Å². The van der Waals surface area contributed by atoms with Crippen LogP contribution in [0.15, 0.2) is 0 Å². The molecule has 1 saturated heterocycles. The number of rotatable bonds is 2. The molecule has 2 rings (SSSR count). The van der Waals surface area contributed by atoms with Gasteiger partial charge in [0.1, 0.15) is 0 Å². The van der Waals surface area contributed by atoms with Gasteiger partial charge in [-0.05, 0) is 50.9 Å². The van der Waals surface area contributed by atoms with E-state index in [2.05, 4.69) is 51.7 Å². The third kappa shape index (κ3) is 2.84. The summed E-state index contributed by atoms with van der Waals surface area (Å²) in [7, 11) is 0. The van der Waals surface area contributed by atoms with Crippen molar-refractivity contribution >= 4 is 11.8 Å². The number of hydrogen-bond acceptors (Lipinski definition) is 2. The Hall–Kier alpha value is 0.310. The van der Waals surface area contributed by atoms with Crippen LogP contribution in [0.4, 0.5) is 0 Å². The largest absolute Gasteiger partial charge is 0.297 e. The molecule has 0 atom stereocenters. The lowest BCUT2D eigenvalue weighted by atomic mass is 9.68. The Bertz CT molecular complexity index is 275. The molecule has 1 aliphatic heterocycles. The smallest absolute Gasteiger partial charge is 0.0650 e. The first-order valence-electron chi connectivity index (χ1n) is 7.22. The van der Waals surface area contributed by atoms with E-state index < -0.39 is 0 Å². The maximum Gasteiger partial charge on any atom is 0.0650 e. The lowest BCUT2D eigenvalue weighted by molar-refractivity contribution is 0.125. The van der Waals surface area contributed by atoms with Gasteiger partial charge in [-0.15, -0.1) is 11.8 Å². The average molecular weight is 255 g/mol. The highest BCUT2D eigenvalue weighted by Gasteiger charge is 2.46. The van der Waals surface area contributed by atoms with Crippen LogP contribution in [-0.4, -0.2) is 16.2 Å². The summed E-state index contributed by atoms with van der Waals surface area (Å²) in [4.78, 5) is 0.420. The molecule has 1 spiro atoms. The first kappa shape index (κ1) is 13.7. The van der Waals surface area contributed by atoms with Crippen LogP contribution in [0.2, 0.25) is 0 Å². The lowest BCUT2D eigenvalue weighted by Crippen LogP contribution is -2.49. The number of nitrogens with one attached hydrogen (secondary N) is 1. The first-order valence-corrected chi connectivity index (χ1v) is 8.20. The lowest BCUT2D eigenvalue weighted by Gasteiger charge is -2.43. The van der Waals surface area contributed by atoms with Crippen molar-refractivity contribution in [1.29, 1.82) is 0 Å². The molecule has 1 aliphatic carbocycles. The van der Waals surface area contributed by atoms with Gasteiger partial charge < -0.3 is 0 Å². The molecule has 0 unspecified atom stereocenters. The van der Waals surface area contributed by atoms with Crippen molar-refractivity contribution in [2.24, 2.45) is 11.3 Å². The minimum atomic E-state index is 0.345. The summed E-state index contributed by atoms with van der Waals surface area (Å²) < 4.78 is 0. The highest BCUT2D eigenvalue weighted by Crippen LogP contribution is 2.50. The summed E-state index contributed by atoms with van der Waals surface area (Å²) in [5.41, 5.74) is 0.887. The zero-order valence-corrected chi connectivity index (χ0v) is 13.0. The minimum absolute atomic E-state index is 0.345. The highest BCUT2D eigenvalue weighted by atomic mass is 32.2. The van der Waals surface area contributed by atoms with Crippen LogP contribution in [0.25, 0.3) is 0 Å². The predicted molar refractivity (Wildman–Crippen MR) is 78.4 cm³/mol. The van der Waals surface area contributed by atoms with Gasteiger partial charge in [-0.3, -0.25) is 5.32 Å². The first-order chi connectivity index (χ1) is 7.79. The fourth-order valence-corrected chi connectivity index (χ4v) is 5.01. The van der Waals surface area contributed by atoms with Crippen LogP contribution in [0.5, 0.6) is 0 Å². The van der Waals surface area contributed by atoms with Crippen LogP contribution in [0, 0.1) is 11.3 Å². The average Bonchev–Trinajstić information content (AvgIpc) is 2.55. The molecule has 1 saturated carbocycles. The predicted octanol–water partition coefficient (Wildman–Crippen LogP) is 4.42.